The van der Waals surface area contributed by atoms with Gasteiger partial charge in [0.1, 0.15) is 5.82 Å². The van der Waals surface area contributed by atoms with E-state index in [1.807, 2.05) is 35.3 Å². The van der Waals surface area contributed by atoms with Crippen molar-refractivity contribution in [3.63, 3.8) is 0 Å². The van der Waals surface area contributed by atoms with Crippen molar-refractivity contribution < 1.29 is 4.42 Å². The van der Waals surface area contributed by atoms with Crippen LogP contribution < -0.4 is 5.32 Å². The molecule has 0 bridgehead atoms. The Kier molecular flexibility index (Phi) is 5.19. The Hall–Kier alpha value is -3.19. The molecule has 0 amide bonds. The fourth-order valence-corrected chi connectivity index (χ4v) is 4.20. The number of aromatic nitrogens is 4. The number of hydrogen-bond acceptors (Lipinski definition) is 6. The van der Waals surface area contributed by atoms with Gasteiger partial charge < -0.3 is 9.73 Å². The Labute approximate surface area is 175 Å². The Morgan fingerprint density at radius 1 is 1.23 bits per heavy atom. The molecule has 0 spiro atoms. The summed E-state index contributed by atoms with van der Waals surface area (Å²) in [4.78, 5) is 11.7. The van der Waals surface area contributed by atoms with E-state index in [-0.39, 0.29) is 0 Å². The maximum atomic E-state index is 5.24. The van der Waals surface area contributed by atoms with Crippen LogP contribution in [0.3, 0.4) is 0 Å². The van der Waals surface area contributed by atoms with Crippen LogP contribution in [0.4, 0.5) is 5.82 Å². The Bertz CT molecular complexity index is 1110. The van der Waals surface area contributed by atoms with Crippen molar-refractivity contribution in [1.29, 1.82) is 0 Å². The molecule has 0 aromatic carbocycles. The number of likely N-dealkylation sites (tertiary alicyclic amines) is 1. The van der Waals surface area contributed by atoms with Crippen LogP contribution in [0.2, 0.25) is 0 Å². The third-order valence-electron chi connectivity index (χ3n) is 5.77. The van der Waals surface area contributed by atoms with Gasteiger partial charge in [0, 0.05) is 55.1 Å². The molecule has 1 unspecified atom stereocenters. The molecule has 1 N–H and O–H groups in total. The molecule has 1 atom stereocenters. The standard InChI is InChI=1S/C23H26N6O/c1-17-11-26-29-22(25-13-18-4-2-7-24-12-18)10-21(27-23(17)29)20-5-3-8-28(15-20)14-19-6-9-30-16-19/h2,4,6-7,9-12,16,20,25H,3,5,8,13-15H2,1H3. The molecular weight excluding hydrogens is 376 g/mol. The van der Waals surface area contributed by atoms with E-state index in [1.165, 1.54) is 12.0 Å². The summed E-state index contributed by atoms with van der Waals surface area (Å²) in [6.45, 7) is 5.80. The second kappa shape index (κ2) is 8.28. The number of piperidine rings is 1. The highest BCUT2D eigenvalue weighted by molar-refractivity contribution is 5.54. The molecule has 4 aromatic rings. The molecule has 30 heavy (non-hydrogen) atoms. The van der Waals surface area contributed by atoms with Crippen molar-refractivity contribution in [3.8, 4) is 0 Å². The van der Waals surface area contributed by atoms with Crippen LogP contribution in [0.15, 0.2) is 59.8 Å². The third kappa shape index (κ3) is 3.93. The van der Waals surface area contributed by atoms with Gasteiger partial charge >= 0.3 is 0 Å². The number of fused-ring (bicyclic) bond motifs is 1. The second-order valence-electron chi connectivity index (χ2n) is 8.05. The third-order valence-corrected chi connectivity index (χ3v) is 5.77. The monoisotopic (exact) mass is 402 g/mol. The molecule has 0 radical (unpaired) electrons. The van der Waals surface area contributed by atoms with Gasteiger partial charge in [-0.15, -0.1) is 0 Å². The summed E-state index contributed by atoms with van der Waals surface area (Å²) in [5.41, 5.74) is 5.51. The maximum absolute atomic E-state index is 5.24. The van der Waals surface area contributed by atoms with Crippen molar-refractivity contribution in [1.82, 2.24) is 24.5 Å². The van der Waals surface area contributed by atoms with Crippen LogP contribution >= 0.6 is 0 Å². The average molecular weight is 403 g/mol. The van der Waals surface area contributed by atoms with E-state index in [0.717, 1.165) is 54.3 Å². The van der Waals surface area contributed by atoms with Gasteiger partial charge in [0.15, 0.2) is 5.65 Å². The van der Waals surface area contributed by atoms with Crippen molar-refractivity contribution in [2.75, 3.05) is 18.4 Å². The Morgan fingerprint density at radius 2 is 2.20 bits per heavy atom. The van der Waals surface area contributed by atoms with Crippen LogP contribution in [-0.2, 0) is 13.1 Å². The van der Waals surface area contributed by atoms with Crippen molar-refractivity contribution in [3.05, 3.63) is 77.8 Å². The highest BCUT2D eigenvalue weighted by Crippen LogP contribution is 2.29. The number of nitrogens with zero attached hydrogens (tertiary/aromatic N) is 5. The first-order chi connectivity index (χ1) is 14.8. The van der Waals surface area contributed by atoms with Gasteiger partial charge in [0.25, 0.3) is 0 Å². The first-order valence-electron chi connectivity index (χ1n) is 10.5. The van der Waals surface area contributed by atoms with E-state index in [9.17, 15) is 0 Å². The van der Waals surface area contributed by atoms with Crippen LogP contribution in [0.1, 0.15) is 41.1 Å². The molecule has 7 heteroatoms. The smallest absolute Gasteiger partial charge is 0.160 e. The minimum Gasteiger partial charge on any atom is -0.472 e. The van der Waals surface area contributed by atoms with Crippen molar-refractivity contribution >= 4 is 11.5 Å². The summed E-state index contributed by atoms with van der Waals surface area (Å²) in [5.74, 6) is 1.38. The molecule has 154 valence electrons. The molecule has 5 heterocycles. The van der Waals surface area contributed by atoms with Crippen LogP contribution in [0.5, 0.6) is 0 Å². The number of pyridine rings is 1. The van der Waals surface area contributed by atoms with Gasteiger partial charge in [0.05, 0.1) is 24.4 Å². The lowest BCUT2D eigenvalue weighted by molar-refractivity contribution is 0.198. The number of furan rings is 1. The number of aryl methyl sites for hydroxylation is 1. The van der Waals surface area contributed by atoms with Crippen molar-refractivity contribution in [2.45, 2.75) is 38.8 Å². The van der Waals surface area contributed by atoms with Crippen LogP contribution in [-0.4, -0.2) is 37.6 Å². The summed E-state index contributed by atoms with van der Waals surface area (Å²) >= 11 is 0. The quantitative estimate of drug-likeness (QED) is 0.525. The SMILES string of the molecule is Cc1cnn2c(NCc3cccnc3)cc(C3CCCN(Cc4ccoc4)C3)nc12. The Balaban J connectivity index is 1.40. The molecule has 1 saturated heterocycles. The topological polar surface area (TPSA) is 71.5 Å². The van der Waals surface area contributed by atoms with Gasteiger partial charge in [-0.1, -0.05) is 6.07 Å². The van der Waals surface area contributed by atoms with Gasteiger partial charge in [0.2, 0.25) is 0 Å². The summed E-state index contributed by atoms with van der Waals surface area (Å²) in [6.07, 6.45) is 11.5. The van der Waals surface area contributed by atoms with Crippen LogP contribution in [0.25, 0.3) is 5.65 Å². The molecule has 1 aliphatic heterocycles. The largest absolute Gasteiger partial charge is 0.472 e. The minimum atomic E-state index is 0.406. The molecule has 7 nitrogen and oxygen atoms in total. The molecule has 0 aliphatic carbocycles. The van der Waals surface area contributed by atoms with Crippen LogP contribution in [0, 0.1) is 6.92 Å². The Morgan fingerprint density at radius 3 is 3.03 bits per heavy atom. The van der Waals surface area contributed by atoms with Gasteiger partial charge in [-0.05, 0) is 44.0 Å². The number of hydrogen-bond donors (Lipinski definition) is 1. The molecular formula is C23H26N6O. The van der Waals surface area contributed by atoms with E-state index in [0.29, 0.717) is 12.5 Å². The van der Waals surface area contributed by atoms with E-state index in [4.69, 9.17) is 9.40 Å². The molecule has 4 aromatic heterocycles. The fraction of sp³-hybridized carbons (Fsp3) is 0.348. The summed E-state index contributed by atoms with van der Waals surface area (Å²) in [7, 11) is 0. The van der Waals surface area contributed by atoms with E-state index in [1.54, 1.807) is 12.5 Å². The van der Waals surface area contributed by atoms with Gasteiger partial charge in [-0.3, -0.25) is 9.88 Å². The lowest BCUT2D eigenvalue weighted by Gasteiger charge is -2.32. The lowest BCUT2D eigenvalue weighted by Crippen LogP contribution is -2.34. The maximum Gasteiger partial charge on any atom is 0.160 e. The molecule has 1 fully saturated rings. The number of nitrogens with one attached hydrogen (secondary N) is 1. The predicted octanol–water partition coefficient (Wildman–Crippen LogP) is 4.02. The zero-order valence-corrected chi connectivity index (χ0v) is 17.2. The summed E-state index contributed by atoms with van der Waals surface area (Å²) in [6, 6.07) is 8.24. The zero-order chi connectivity index (χ0) is 20.3. The predicted molar refractivity (Wildman–Crippen MR) is 115 cm³/mol. The highest BCUT2D eigenvalue weighted by atomic mass is 16.3. The summed E-state index contributed by atoms with van der Waals surface area (Å²) in [5, 5.41) is 8.08. The highest BCUT2D eigenvalue weighted by Gasteiger charge is 2.24. The second-order valence-corrected chi connectivity index (χ2v) is 8.05. The first kappa shape index (κ1) is 18.8. The molecule has 1 aliphatic rings. The first-order valence-corrected chi connectivity index (χ1v) is 10.5. The fourth-order valence-electron chi connectivity index (χ4n) is 4.20. The van der Waals surface area contributed by atoms with Crippen molar-refractivity contribution in [2.24, 2.45) is 0 Å². The zero-order valence-electron chi connectivity index (χ0n) is 17.2. The average Bonchev–Trinajstić information content (AvgIpc) is 3.43. The van der Waals surface area contributed by atoms with Gasteiger partial charge in [-0.25, -0.2) is 4.98 Å². The minimum absolute atomic E-state index is 0.406. The number of rotatable bonds is 6. The normalized spacial score (nSPS) is 17.4. The van der Waals surface area contributed by atoms with E-state index in [2.05, 4.69) is 39.4 Å². The van der Waals surface area contributed by atoms with E-state index < -0.39 is 0 Å². The summed E-state index contributed by atoms with van der Waals surface area (Å²) < 4.78 is 7.14. The van der Waals surface area contributed by atoms with Gasteiger partial charge in [-0.2, -0.15) is 9.61 Å². The lowest BCUT2D eigenvalue weighted by atomic mass is 9.94. The number of anilines is 1. The molecule has 5 rings (SSSR count). The molecule has 0 saturated carbocycles. The van der Waals surface area contributed by atoms with E-state index >= 15 is 0 Å².